The van der Waals surface area contributed by atoms with Gasteiger partial charge in [0.25, 0.3) is 0 Å². The quantitative estimate of drug-likeness (QED) is 0.829. The Bertz CT molecular complexity index is 352. The molecular weight excluding hydrogens is 202 g/mol. The van der Waals surface area contributed by atoms with Crippen LogP contribution in [0.15, 0.2) is 0 Å². The monoisotopic (exact) mass is 223 g/mol. The first kappa shape index (κ1) is 12.9. The second-order valence-electron chi connectivity index (χ2n) is 3.91. The lowest BCUT2D eigenvalue weighted by atomic mass is 10.1. The van der Waals surface area contributed by atoms with E-state index in [0.717, 1.165) is 30.2 Å². The summed E-state index contributed by atoms with van der Waals surface area (Å²) in [5.41, 5.74) is 2.25. The van der Waals surface area contributed by atoms with Crippen LogP contribution >= 0.6 is 0 Å². The summed E-state index contributed by atoms with van der Waals surface area (Å²) in [4.78, 5) is 9.02. The summed E-state index contributed by atoms with van der Waals surface area (Å²) in [7, 11) is 3.60. The highest BCUT2D eigenvalue weighted by Crippen LogP contribution is 2.17. The van der Waals surface area contributed by atoms with E-state index in [2.05, 4.69) is 22.2 Å². The lowest BCUT2D eigenvalue weighted by molar-refractivity contribution is 0.117. The Balaban J connectivity index is 3.00. The molecule has 90 valence electrons. The number of ether oxygens (including phenoxy) is 1. The van der Waals surface area contributed by atoms with Crippen molar-refractivity contribution in [3.8, 4) is 0 Å². The molecule has 1 heterocycles. The van der Waals surface area contributed by atoms with Crippen LogP contribution in [0.4, 0.5) is 5.82 Å². The Hall–Kier alpha value is -1.16. The van der Waals surface area contributed by atoms with Crippen LogP contribution in [0.1, 0.15) is 30.9 Å². The number of anilines is 1. The maximum Gasteiger partial charge on any atom is 0.133 e. The molecule has 16 heavy (non-hydrogen) atoms. The van der Waals surface area contributed by atoms with Gasteiger partial charge < -0.3 is 10.1 Å². The molecule has 0 fully saturated rings. The number of hydrogen-bond donors (Lipinski definition) is 1. The van der Waals surface area contributed by atoms with E-state index >= 15 is 0 Å². The van der Waals surface area contributed by atoms with Crippen molar-refractivity contribution in [2.24, 2.45) is 0 Å². The van der Waals surface area contributed by atoms with Crippen molar-refractivity contribution < 1.29 is 4.74 Å². The van der Waals surface area contributed by atoms with Gasteiger partial charge in [-0.25, -0.2) is 9.97 Å². The predicted molar refractivity (Wildman–Crippen MR) is 65.9 cm³/mol. The van der Waals surface area contributed by atoms with Crippen molar-refractivity contribution in [3.63, 3.8) is 0 Å². The number of aromatic nitrogens is 2. The van der Waals surface area contributed by atoms with Crippen LogP contribution in [0.25, 0.3) is 0 Å². The molecule has 0 saturated heterocycles. The fourth-order valence-electron chi connectivity index (χ4n) is 1.72. The van der Waals surface area contributed by atoms with Gasteiger partial charge in [-0.15, -0.1) is 0 Å². The van der Waals surface area contributed by atoms with Gasteiger partial charge in [0.15, 0.2) is 0 Å². The van der Waals surface area contributed by atoms with E-state index in [4.69, 9.17) is 4.74 Å². The maximum atomic E-state index is 5.22. The fourth-order valence-corrected chi connectivity index (χ4v) is 1.72. The van der Waals surface area contributed by atoms with Gasteiger partial charge in [0.2, 0.25) is 0 Å². The molecule has 0 aliphatic carbocycles. The van der Waals surface area contributed by atoms with Gasteiger partial charge in [0.1, 0.15) is 11.6 Å². The first-order valence-corrected chi connectivity index (χ1v) is 5.69. The zero-order valence-corrected chi connectivity index (χ0v) is 10.8. The summed E-state index contributed by atoms with van der Waals surface area (Å²) >= 11 is 0. The first-order chi connectivity index (χ1) is 7.62. The summed E-state index contributed by atoms with van der Waals surface area (Å²) in [6, 6.07) is 0. The van der Waals surface area contributed by atoms with E-state index in [-0.39, 0.29) is 6.10 Å². The van der Waals surface area contributed by atoms with Crippen LogP contribution in [-0.4, -0.2) is 30.2 Å². The van der Waals surface area contributed by atoms with Gasteiger partial charge in [-0.3, -0.25) is 0 Å². The summed E-state index contributed by atoms with van der Waals surface area (Å²) in [6.45, 7) is 6.16. The molecular formula is C12H21N3O. The van der Waals surface area contributed by atoms with E-state index in [0.29, 0.717) is 0 Å². The summed E-state index contributed by atoms with van der Waals surface area (Å²) in [6.07, 6.45) is 1.84. The molecule has 1 unspecified atom stereocenters. The first-order valence-electron chi connectivity index (χ1n) is 5.69. The molecule has 0 bridgehead atoms. The van der Waals surface area contributed by atoms with Crippen molar-refractivity contribution in [1.29, 1.82) is 0 Å². The van der Waals surface area contributed by atoms with Gasteiger partial charge in [0, 0.05) is 31.8 Å². The minimum Gasteiger partial charge on any atom is -0.381 e. The normalized spacial score (nSPS) is 12.6. The maximum absolute atomic E-state index is 5.22. The summed E-state index contributed by atoms with van der Waals surface area (Å²) in [5.74, 6) is 1.78. The molecule has 1 N–H and O–H groups in total. The SMILES string of the molecule is CCc1c(C)nc(CC(C)OC)nc1NC. The smallest absolute Gasteiger partial charge is 0.133 e. The molecule has 0 amide bonds. The fraction of sp³-hybridized carbons (Fsp3) is 0.667. The lowest BCUT2D eigenvalue weighted by Gasteiger charge is -2.13. The lowest BCUT2D eigenvalue weighted by Crippen LogP contribution is -2.14. The van der Waals surface area contributed by atoms with E-state index in [1.54, 1.807) is 7.11 Å². The molecule has 0 aliphatic heterocycles. The Morgan fingerprint density at radius 1 is 1.38 bits per heavy atom. The molecule has 0 aromatic carbocycles. The van der Waals surface area contributed by atoms with Crippen LogP contribution in [0.3, 0.4) is 0 Å². The highest BCUT2D eigenvalue weighted by molar-refractivity contribution is 5.45. The van der Waals surface area contributed by atoms with Gasteiger partial charge in [0.05, 0.1) is 6.10 Å². The number of methoxy groups -OCH3 is 1. The zero-order valence-electron chi connectivity index (χ0n) is 10.8. The number of nitrogens with zero attached hydrogens (tertiary/aromatic N) is 2. The molecule has 1 aromatic rings. The Morgan fingerprint density at radius 2 is 2.06 bits per heavy atom. The number of hydrogen-bond acceptors (Lipinski definition) is 4. The number of rotatable bonds is 5. The zero-order chi connectivity index (χ0) is 12.1. The standard InChI is InChI=1S/C12H21N3O/c1-6-10-9(3)14-11(7-8(2)16-5)15-12(10)13-4/h8H,6-7H2,1-5H3,(H,13,14,15). The third-order valence-electron chi connectivity index (χ3n) is 2.72. The molecule has 4 heteroatoms. The molecule has 1 aromatic heterocycles. The molecule has 0 aliphatic rings. The minimum absolute atomic E-state index is 0.150. The van der Waals surface area contributed by atoms with Gasteiger partial charge in [-0.2, -0.15) is 0 Å². The topological polar surface area (TPSA) is 47.0 Å². The molecule has 0 radical (unpaired) electrons. The molecule has 1 rings (SSSR count). The van der Waals surface area contributed by atoms with Crippen LogP contribution in [0.5, 0.6) is 0 Å². The van der Waals surface area contributed by atoms with Gasteiger partial charge in [-0.1, -0.05) is 6.92 Å². The molecule has 1 atom stereocenters. The van der Waals surface area contributed by atoms with E-state index in [9.17, 15) is 0 Å². The third-order valence-corrected chi connectivity index (χ3v) is 2.72. The molecule has 4 nitrogen and oxygen atoms in total. The number of aryl methyl sites for hydroxylation is 1. The van der Waals surface area contributed by atoms with Gasteiger partial charge >= 0.3 is 0 Å². The largest absolute Gasteiger partial charge is 0.381 e. The number of nitrogens with one attached hydrogen (secondary N) is 1. The molecule has 0 spiro atoms. The van der Waals surface area contributed by atoms with E-state index in [1.165, 1.54) is 5.56 Å². The highest BCUT2D eigenvalue weighted by atomic mass is 16.5. The van der Waals surface area contributed by atoms with Crippen LogP contribution in [0, 0.1) is 6.92 Å². The van der Waals surface area contributed by atoms with Crippen molar-refractivity contribution in [2.75, 3.05) is 19.5 Å². The third kappa shape index (κ3) is 2.92. The van der Waals surface area contributed by atoms with Crippen molar-refractivity contribution in [3.05, 3.63) is 17.1 Å². The summed E-state index contributed by atoms with van der Waals surface area (Å²) < 4.78 is 5.22. The minimum atomic E-state index is 0.150. The summed E-state index contributed by atoms with van der Waals surface area (Å²) in [5, 5.41) is 3.13. The van der Waals surface area contributed by atoms with Crippen molar-refractivity contribution in [1.82, 2.24) is 9.97 Å². The average molecular weight is 223 g/mol. The Kier molecular flexibility index (Phi) is 4.68. The average Bonchev–Trinajstić information content (AvgIpc) is 2.28. The second-order valence-corrected chi connectivity index (χ2v) is 3.91. The van der Waals surface area contributed by atoms with Crippen LogP contribution in [0.2, 0.25) is 0 Å². The Labute approximate surface area is 97.5 Å². The van der Waals surface area contributed by atoms with Crippen LogP contribution < -0.4 is 5.32 Å². The van der Waals surface area contributed by atoms with Crippen molar-refractivity contribution >= 4 is 5.82 Å². The van der Waals surface area contributed by atoms with E-state index < -0.39 is 0 Å². The second kappa shape index (κ2) is 5.80. The highest BCUT2D eigenvalue weighted by Gasteiger charge is 2.11. The van der Waals surface area contributed by atoms with Gasteiger partial charge in [-0.05, 0) is 20.3 Å². The van der Waals surface area contributed by atoms with Crippen LogP contribution in [-0.2, 0) is 17.6 Å². The predicted octanol–water partition coefficient (Wildman–Crippen LogP) is 1.97. The van der Waals surface area contributed by atoms with Crippen molar-refractivity contribution in [2.45, 2.75) is 39.7 Å². The van der Waals surface area contributed by atoms with E-state index in [1.807, 2.05) is 20.9 Å². The Morgan fingerprint density at radius 3 is 2.56 bits per heavy atom. The molecule has 0 saturated carbocycles.